The van der Waals surface area contributed by atoms with Crippen molar-refractivity contribution in [3.63, 3.8) is 0 Å². The molecule has 26 heavy (non-hydrogen) atoms. The molecular formula is C19H23N3O3S. The Bertz CT molecular complexity index is 786. The fourth-order valence-electron chi connectivity index (χ4n) is 4.49. The molecule has 4 atom stereocenters. The lowest BCUT2D eigenvalue weighted by Gasteiger charge is -2.28. The molecule has 2 aromatic rings. The number of nitrogens with one attached hydrogen (secondary N) is 2. The zero-order chi connectivity index (χ0) is 18.1. The van der Waals surface area contributed by atoms with Gasteiger partial charge in [-0.05, 0) is 56.1 Å². The Balaban J connectivity index is 1.28. The number of thiazole rings is 1. The fraction of sp³-hybridized carbons (Fsp3) is 0.526. The number of furan rings is 1. The second-order valence-corrected chi connectivity index (χ2v) is 8.31. The highest BCUT2D eigenvalue weighted by atomic mass is 32.1. The summed E-state index contributed by atoms with van der Waals surface area (Å²) in [6.07, 6.45) is 6.97. The van der Waals surface area contributed by atoms with Crippen LogP contribution in [0.15, 0.2) is 28.2 Å². The van der Waals surface area contributed by atoms with Gasteiger partial charge in [0.1, 0.15) is 0 Å². The summed E-state index contributed by atoms with van der Waals surface area (Å²) in [6, 6.07) is 3.47. The van der Waals surface area contributed by atoms with Gasteiger partial charge < -0.3 is 9.73 Å². The van der Waals surface area contributed by atoms with Crippen molar-refractivity contribution in [2.45, 2.75) is 45.1 Å². The van der Waals surface area contributed by atoms with Crippen molar-refractivity contribution in [3.05, 3.63) is 35.2 Å². The molecule has 2 heterocycles. The number of hydrogen-bond acceptors (Lipinski definition) is 5. The molecule has 2 aliphatic carbocycles. The number of rotatable bonds is 6. The van der Waals surface area contributed by atoms with Gasteiger partial charge in [0.15, 0.2) is 10.9 Å². The highest BCUT2D eigenvalue weighted by Crippen LogP contribution is 2.49. The molecule has 0 aliphatic heterocycles. The van der Waals surface area contributed by atoms with Crippen LogP contribution in [0.1, 0.15) is 48.9 Å². The largest absolute Gasteiger partial charge is 0.459 e. The van der Waals surface area contributed by atoms with Gasteiger partial charge in [-0.2, -0.15) is 0 Å². The molecule has 6 nitrogen and oxygen atoms in total. The van der Waals surface area contributed by atoms with Gasteiger partial charge in [0.25, 0.3) is 5.91 Å². The van der Waals surface area contributed by atoms with E-state index in [1.165, 1.54) is 43.3 Å². The Morgan fingerprint density at radius 2 is 2.27 bits per heavy atom. The Kier molecular flexibility index (Phi) is 4.80. The van der Waals surface area contributed by atoms with E-state index in [0.29, 0.717) is 16.7 Å². The number of carbonyl (C=O) groups is 2. The van der Waals surface area contributed by atoms with Crippen LogP contribution in [0.4, 0.5) is 5.13 Å². The van der Waals surface area contributed by atoms with Gasteiger partial charge in [-0.1, -0.05) is 6.42 Å². The first-order chi connectivity index (χ1) is 12.6. The highest BCUT2D eigenvalue weighted by molar-refractivity contribution is 7.14. The van der Waals surface area contributed by atoms with Crippen LogP contribution >= 0.6 is 11.3 Å². The number of aromatic nitrogens is 1. The van der Waals surface area contributed by atoms with Crippen molar-refractivity contribution >= 4 is 28.3 Å². The van der Waals surface area contributed by atoms with E-state index < -0.39 is 0 Å². The SMILES string of the molecule is C[C@H](NC(=O)Cc1csc(NC(=O)c2ccco2)n1)[C@H]1C[C@H]2CC[C@H]1C2. The first kappa shape index (κ1) is 17.3. The normalized spacial score (nSPS) is 25.2. The third-order valence-electron chi connectivity index (χ3n) is 5.68. The van der Waals surface area contributed by atoms with Crippen LogP contribution in [0.3, 0.4) is 0 Å². The van der Waals surface area contributed by atoms with Crippen molar-refractivity contribution in [2.75, 3.05) is 5.32 Å². The van der Waals surface area contributed by atoms with Gasteiger partial charge in [0.05, 0.1) is 18.4 Å². The summed E-state index contributed by atoms with van der Waals surface area (Å²) in [4.78, 5) is 28.6. The molecule has 138 valence electrons. The van der Waals surface area contributed by atoms with Gasteiger partial charge in [-0.25, -0.2) is 4.98 Å². The molecular weight excluding hydrogens is 350 g/mol. The van der Waals surface area contributed by atoms with Crippen LogP contribution in [-0.2, 0) is 11.2 Å². The molecule has 7 heteroatoms. The summed E-state index contributed by atoms with van der Waals surface area (Å²) in [5.74, 6) is 2.18. The molecule has 0 spiro atoms. The predicted octanol–water partition coefficient (Wildman–Crippen LogP) is 3.47. The second kappa shape index (κ2) is 7.23. The molecule has 0 radical (unpaired) electrons. The van der Waals surface area contributed by atoms with Gasteiger partial charge in [-0.15, -0.1) is 11.3 Å². The molecule has 0 saturated heterocycles. The lowest BCUT2D eigenvalue weighted by atomic mass is 9.84. The minimum atomic E-state index is -0.342. The molecule has 2 bridgehead atoms. The van der Waals surface area contributed by atoms with Gasteiger partial charge in [0, 0.05) is 11.4 Å². The Hall–Kier alpha value is -2.15. The van der Waals surface area contributed by atoms with Crippen molar-refractivity contribution in [1.29, 1.82) is 0 Å². The third-order valence-corrected chi connectivity index (χ3v) is 6.49. The van der Waals surface area contributed by atoms with E-state index in [4.69, 9.17) is 4.42 Å². The first-order valence-electron chi connectivity index (χ1n) is 9.17. The zero-order valence-electron chi connectivity index (χ0n) is 14.7. The van der Waals surface area contributed by atoms with Crippen LogP contribution in [-0.4, -0.2) is 22.8 Å². The van der Waals surface area contributed by atoms with Crippen molar-refractivity contribution < 1.29 is 14.0 Å². The summed E-state index contributed by atoms with van der Waals surface area (Å²) < 4.78 is 5.05. The average Bonchev–Trinajstić information content (AvgIpc) is 3.39. The number of fused-ring (bicyclic) bond motifs is 2. The van der Waals surface area contributed by atoms with Crippen molar-refractivity contribution in [1.82, 2.24) is 10.3 Å². The minimum absolute atomic E-state index is 0.00511. The summed E-state index contributed by atoms with van der Waals surface area (Å²) in [5.41, 5.74) is 0.669. The van der Waals surface area contributed by atoms with Crippen LogP contribution in [0.2, 0.25) is 0 Å². The number of nitrogens with zero attached hydrogens (tertiary/aromatic N) is 1. The molecule has 4 rings (SSSR count). The van der Waals surface area contributed by atoms with Crippen LogP contribution < -0.4 is 10.6 Å². The summed E-state index contributed by atoms with van der Waals surface area (Å²) >= 11 is 1.31. The molecule has 2 N–H and O–H groups in total. The molecule has 2 aromatic heterocycles. The first-order valence-corrected chi connectivity index (χ1v) is 10.0. The molecule has 2 amide bonds. The van der Waals surface area contributed by atoms with E-state index in [2.05, 4.69) is 22.5 Å². The fourth-order valence-corrected chi connectivity index (χ4v) is 5.20. The minimum Gasteiger partial charge on any atom is -0.459 e. The van der Waals surface area contributed by atoms with E-state index >= 15 is 0 Å². The molecule has 2 fully saturated rings. The van der Waals surface area contributed by atoms with Crippen LogP contribution in [0.5, 0.6) is 0 Å². The molecule has 0 aromatic carbocycles. The van der Waals surface area contributed by atoms with Gasteiger partial charge in [-0.3, -0.25) is 14.9 Å². The Morgan fingerprint density at radius 1 is 1.38 bits per heavy atom. The number of carbonyl (C=O) groups excluding carboxylic acids is 2. The highest BCUT2D eigenvalue weighted by Gasteiger charge is 2.42. The second-order valence-electron chi connectivity index (χ2n) is 7.45. The van der Waals surface area contributed by atoms with E-state index in [1.807, 2.05) is 0 Å². The summed E-state index contributed by atoms with van der Waals surface area (Å²) in [6.45, 7) is 2.12. The number of amides is 2. The maximum Gasteiger partial charge on any atom is 0.293 e. The maximum absolute atomic E-state index is 12.4. The molecule has 2 aliphatic rings. The zero-order valence-corrected chi connectivity index (χ0v) is 15.6. The maximum atomic E-state index is 12.4. The standard InChI is InChI=1S/C19H23N3O3S/c1-11(15-8-12-4-5-13(15)7-12)20-17(23)9-14-10-26-19(21-14)22-18(24)16-3-2-6-25-16/h2-3,6,10-13,15H,4-5,7-9H2,1H3,(H,20,23)(H,21,22,24)/t11-,12-,13-,15+/m0/s1. The average molecular weight is 373 g/mol. The predicted molar refractivity (Wildman–Crippen MR) is 99.0 cm³/mol. The van der Waals surface area contributed by atoms with E-state index in [9.17, 15) is 9.59 Å². The van der Waals surface area contributed by atoms with Crippen molar-refractivity contribution in [3.8, 4) is 0 Å². The summed E-state index contributed by atoms with van der Waals surface area (Å²) in [5, 5.41) is 8.11. The van der Waals surface area contributed by atoms with E-state index in [-0.39, 0.29) is 30.0 Å². The topological polar surface area (TPSA) is 84.2 Å². The molecule has 0 unspecified atom stereocenters. The number of hydrogen-bond donors (Lipinski definition) is 2. The number of anilines is 1. The Morgan fingerprint density at radius 3 is 2.96 bits per heavy atom. The molecule has 2 saturated carbocycles. The van der Waals surface area contributed by atoms with E-state index in [0.717, 1.165) is 11.8 Å². The smallest absolute Gasteiger partial charge is 0.293 e. The lowest BCUT2D eigenvalue weighted by molar-refractivity contribution is -0.121. The van der Waals surface area contributed by atoms with Gasteiger partial charge in [0.2, 0.25) is 5.91 Å². The third kappa shape index (κ3) is 3.67. The summed E-state index contributed by atoms with van der Waals surface area (Å²) in [7, 11) is 0. The van der Waals surface area contributed by atoms with E-state index in [1.54, 1.807) is 17.5 Å². The van der Waals surface area contributed by atoms with Crippen LogP contribution in [0, 0.1) is 17.8 Å². The van der Waals surface area contributed by atoms with Crippen molar-refractivity contribution in [2.24, 2.45) is 17.8 Å². The van der Waals surface area contributed by atoms with Crippen LogP contribution in [0.25, 0.3) is 0 Å². The lowest BCUT2D eigenvalue weighted by Crippen LogP contribution is -2.40. The Labute approximate surface area is 156 Å². The monoisotopic (exact) mass is 373 g/mol. The van der Waals surface area contributed by atoms with Gasteiger partial charge >= 0.3 is 0 Å². The quantitative estimate of drug-likeness (QED) is 0.812.